The second kappa shape index (κ2) is 4.05. The number of benzene rings is 1. The number of amides is 1. The van der Waals surface area contributed by atoms with Gasteiger partial charge in [-0.3, -0.25) is 4.79 Å². The van der Waals surface area contributed by atoms with E-state index in [2.05, 4.69) is 24.3 Å². The molecule has 0 bridgehead atoms. The number of likely N-dealkylation sites (N-methyl/N-ethyl adjacent to an activating group) is 1. The summed E-state index contributed by atoms with van der Waals surface area (Å²) in [7, 11) is 1.90. The van der Waals surface area contributed by atoms with Crippen molar-refractivity contribution in [1.82, 2.24) is 4.90 Å². The average molecular weight is 203 g/mol. The monoisotopic (exact) mass is 203 g/mol. The maximum Gasteiger partial charge on any atom is 0.225 e. The third-order valence-electron chi connectivity index (χ3n) is 3.16. The van der Waals surface area contributed by atoms with Crippen molar-refractivity contribution in [3.8, 4) is 0 Å². The lowest BCUT2D eigenvalue weighted by atomic mass is 9.92. The van der Waals surface area contributed by atoms with Crippen LogP contribution in [0.1, 0.15) is 18.1 Å². The molecule has 0 aliphatic carbocycles. The smallest absolute Gasteiger partial charge is 0.225 e. The summed E-state index contributed by atoms with van der Waals surface area (Å²) in [5.41, 5.74) is 2.73. The molecule has 1 unspecified atom stereocenters. The Morgan fingerprint density at radius 3 is 2.67 bits per heavy atom. The Balaban J connectivity index is 2.31. The number of hydrogen-bond acceptors (Lipinski definition) is 1. The van der Waals surface area contributed by atoms with Crippen LogP contribution < -0.4 is 0 Å². The predicted molar refractivity (Wildman–Crippen MR) is 60.7 cm³/mol. The van der Waals surface area contributed by atoms with Crippen LogP contribution in [0, 0.1) is 5.92 Å². The molecule has 15 heavy (non-hydrogen) atoms. The molecule has 80 valence electrons. The summed E-state index contributed by atoms with van der Waals surface area (Å²) in [4.78, 5) is 13.7. The van der Waals surface area contributed by atoms with Gasteiger partial charge in [0.1, 0.15) is 0 Å². The van der Waals surface area contributed by atoms with E-state index in [1.54, 1.807) is 0 Å². The highest BCUT2D eigenvalue weighted by Gasteiger charge is 2.21. The zero-order valence-corrected chi connectivity index (χ0v) is 9.36. The molecule has 2 rings (SSSR count). The van der Waals surface area contributed by atoms with Crippen molar-refractivity contribution in [2.45, 2.75) is 19.8 Å². The number of rotatable bonds is 0. The van der Waals surface area contributed by atoms with Gasteiger partial charge < -0.3 is 4.90 Å². The van der Waals surface area contributed by atoms with E-state index in [0.717, 1.165) is 19.4 Å². The van der Waals surface area contributed by atoms with Crippen LogP contribution in [0.15, 0.2) is 24.3 Å². The number of carbonyl (C=O) groups excluding carboxylic acids is 1. The van der Waals surface area contributed by atoms with Gasteiger partial charge in [-0.15, -0.1) is 0 Å². The van der Waals surface area contributed by atoms with E-state index in [0.29, 0.717) is 0 Å². The third-order valence-corrected chi connectivity index (χ3v) is 3.16. The minimum absolute atomic E-state index is 0.108. The van der Waals surface area contributed by atoms with Crippen LogP contribution in [0.5, 0.6) is 0 Å². The first-order valence-electron chi connectivity index (χ1n) is 5.50. The fraction of sp³-hybridized carbons (Fsp3) is 0.462. The van der Waals surface area contributed by atoms with Crippen LogP contribution in [-0.4, -0.2) is 24.4 Å². The lowest BCUT2D eigenvalue weighted by molar-refractivity contribution is -0.133. The van der Waals surface area contributed by atoms with E-state index in [4.69, 9.17) is 0 Å². The molecule has 0 spiro atoms. The predicted octanol–water partition coefficient (Wildman–Crippen LogP) is 1.88. The first-order chi connectivity index (χ1) is 7.18. The maximum atomic E-state index is 11.8. The molecule has 0 saturated heterocycles. The van der Waals surface area contributed by atoms with Gasteiger partial charge in [0.05, 0.1) is 0 Å². The minimum Gasteiger partial charge on any atom is -0.345 e. The van der Waals surface area contributed by atoms with Gasteiger partial charge in [0.2, 0.25) is 5.91 Å². The first kappa shape index (κ1) is 10.2. The highest BCUT2D eigenvalue weighted by molar-refractivity contribution is 5.78. The van der Waals surface area contributed by atoms with Crippen molar-refractivity contribution in [1.29, 1.82) is 0 Å². The van der Waals surface area contributed by atoms with Crippen LogP contribution in [-0.2, 0) is 17.6 Å². The van der Waals surface area contributed by atoms with Gasteiger partial charge in [-0.05, 0) is 24.0 Å². The Bertz CT molecular complexity index is 373. The van der Waals surface area contributed by atoms with Gasteiger partial charge in [-0.1, -0.05) is 31.2 Å². The highest BCUT2D eigenvalue weighted by atomic mass is 16.2. The molecule has 0 fully saturated rings. The summed E-state index contributed by atoms with van der Waals surface area (Å²) < 4.78 is 0. The number of nitrogens with zero attached hydrogens (tertiary/aromatic N) is 1. The van der Waals surface area contributed by atoms with E-state index in [-0.39, 0.29) is 11.8 Å². The minimum atomic E-state index is 0.108. The number of fused-ring (bicyclic) bond motifs is 1. The topological polar surface area (TPSA) is 20.3 Å². The summed E-state index contributed by atoms with van der Waals surface area (Å²) in [6, 6.07) is 8.45. The summed E-state index contributed by atoms with van der Waals surface area (Å²) in [5.74, 6) is 0.376. The molecule has 0 N–H and O–H groups in total. The summed E-state index contributed by atoms with van der Waals surface area (Å²) in [5, 5.41) is 0. The molecule has 0 aromatic heterocycles. The van der Waals surface area contributed by atoms with E-state index in [1.165, 1.54) is 11.1 Å². The fourth-order valence-electron chi connectivity index (χ4n) is 2.19. The molecule has 1 aromatic carbocycles. The second-order valence-corrected chi connectivity index (χ2v) is 4.38. The zero-order chi connectivity index (χ0) is 10.8. The normalized spacial score (nSPS) is 21.9. The molecule has 2 nitrogen and oxygen atoms in total. The quantitative estimate of drug-likeness (QED) is 0.630. The van der Waals surface area contributed by atoms with Gasteiger partial charge in [-0.2, -0.15) is 0 Å². The Labute approximate surface area is 90.9 Å². The Hall–Kier alpha value is -1.31. The molecule has 1 aromatic rings. The largest absolute Gasteiger partial charge is 0.345 e. The zero-order valence-electron chi connectivity index (χ0n) is 9.36. The molecular weight excluding hydrogens is 186 g/mol. The van der Waals surface area contributed by atoms with Gasteiger partial charge >= 0.3 is 0 Å². The molecule has 1 atom stereocenters. The molecule has 1 amide bonds. The van der Waals surface area contributed by atoms with Crippen molar-refractivity contribution in [2.24, 2.45) is 5.92 Å². The molecule has 1 aliphatic heterocycles. The van der Waals surface area contributed by atoms with Crippen LogP contribution in [0.4, 0.5) is 0 Å². The molecular formula is C13H17NO. The van der Waals surface area contributed by atoms with Crippen molar-refractivity contribution in [2.75, 3.05) is 13.6 Å². The van der Waals surface area contributed by atoms with E-state index in [1.807, 2.05) is 18.9 Å². The van der Waals surface area contributed by atoms with Crippen molar-refractivity contribution in [3.63, 3.8) is 0 Å². The van der Waals surface area contributed by atoms with Crippen LogP contribution in [0.25, 0.3) is 0 Å². The summed E-state index contributed by atoms with van der Waals surface area (Å²) in [6.45, 7) is 2.85. The summed E-state index contributed by atoms with van der Waals surface area (Å²) in [6.07, 6.45) is 1.85. The number of carbonyl (C=O) groups is 1. The molecule has 1 heterocycles. The SMILES string of the molecule is CC1Cc2ccccc2CCN(C)C1=O. The van der Waals surface area contributed by atoms with Gasteiger partial charge in [0.25, 0.3) is 0 Å². The number of hydrogen-bond donors (Lipinski definition) is 0. The van der Waals surface area contributed by atoms with Crippen molar-refractivity contribution >= 4 is 5.91 Å². The van der Waals surface area contributed by atoms with Crippen LogP contribution in [0.3, 0.4) is 0 Å². The van der Waals surface area contributed by atoms with Gasteiger partial charge in [0.15, 0.2) is 0 Å². The van der Waals surface area contributed by atoms with Crippen molar-refractivity contribution < 1.29 is 4.79 Å². The van der Waals surface area contributed by atoms with Crippen LogP contribution >= 0.6 is 0 Å². The molecule has 0 saturated carbocycles. The Morgan fingerprint density at radius 1 is 1.27 bits per heavy atom. The van der Waals surface area contributed by atoms with Gasteiger partial charge in [-0.25, -0.2) is 0 Å². The van der Waals surface area contributed by atoms with E-state index >= 15 is 0 Å². The molecule has 0 radical (unpaired) electrons. The first-order valence-corrected chi connectivity index (χ1v) is 5.50. The van der Waals surface area contributed by atoms with Gasteiger partial charge in [0, 0.05) is 19.5 Å². The summed E-state index contributed by atoms with van der Waals surface area (Å²) >= 11 is 0. The van der Waals surface area contributed by atoms with Crippen LogP contribution in [0.2, 0.25) is 0 Å². The lowest BCUT2D eigenvalue weighted by Gasteiger charge is -2.25. The van der Waals surface area contributed by atoms with E-state index in [9.17, 15) is 4.79 Å². The fourth-order valence-corrected chi connectivity index (χ4v) is 2.19. The second-order valence-electron chi connectivity index (χ2n) is 4.38. The molecule has 2 heteroatoms. The maximum absolute atomic E-state index is 11.8. The third kappa shape index (κ3) is 2.04. The standard InChI is InChI=1S/C13H17NO/c1-10-9-12-6-4-3-5-11(12)7-8-14(2)13(10)15/h3-6,10H,7-9H2,1-2H3. The Kier molecular flexibility index (Phi) is 2.76. The lowest BCUT2D eigenvalue weighted by Crippen LogP contribution is -2.36. The average Bonchev–Trinajstić information content (AvgIpc) is 2.25. The highest BCUT2D eigenvalue weighted by Crippen LogP contribution is 2.19. The van der Waals surface area contributed by atoms with E-state index < -0.39 is 0 Å². The Morgan fingerprint density at radius 2 is 1.93 bits per heavy atom. The molecule has 1 aliphatic rings. The van der Waals surface area contributed by atoms with Crippen molar-refractivity contribution in [3.05, 3.63) is 35.4 Å².